The first-order chi connectivity index (χ1) is 9.33. The highest BCUT2D eigenvalue weighted by molar-refractivity contribution is 4.90. The lowest BCUT2D eigenvalue weighted by Crippen LogP contribution is -2.45. The average molecular weight is 288 g/mol. The van der Waals surface area contributed by atoms with Gasteiger partial charge in [0, 0.05) is 20.3 Å². The topological polar surface area (TPSA) is 36.9 Å². The van der Waals surface area contributed by atoms with Crippen LogP contribution in [0.4, 0.5) is 0 Å². The third-order valence-corrected chi connectivity index (χ3v) is 3.95. The molecule has 0 spiro atoms. The van der Waals surface area contributed by atoms with Crippen molar-refractivity contribution in [2.75, 3.05) is 26.9 Å². The van der Waals surface area contributed by atoms with Crippen molar-refractivity contribution in [3.05, 3.63) is 0 Å². The van der Waals surface area contributed by atoms with Crippen LogP contribution >= 0.6 is 0 Å². The Bertz CT molecular complexity index is 280. The van der Waals surface area contributed by atoms with Gasteiger partial charge in [-0.05, 0) is 39.5 Å². The van der Waals surface area contributed by atoms with E-state index >= 15 is 0 Å². The van der Waals surface area contributed by atoms with Gasteiger partial charge in [0.1, 0.15) is 6.10 Å². The SMILES string of the molecule is CCCCOC[C@H](C)C[C@](C)(OC)[C@H]1COC(C)(C)O1. The maximum atomic E-state index is 5.96. The summed E-state index contributed by atoms with van der Waals surface area (Å²) in [4.78, 5) is 0. The van der Waals surface area contributed by atoms with E-state index in [1.54, 1.807) is 7.11 Å². The molecule has 120 valence electrons. The Kier molecular flexibility index (Phi) is 6.92. The van der Waals surface area contributed by atoms with Crippen LogP contribution in [0.1, 0.15) is 53.9 Å². The zero-order valence-electron chi connectivity index (χ0n) is 14.0. The zero-order chi connectivity index (χ0) is 15.2. The molecular weight excluding hydrogens is 256 g/mol. The number of rotatable bonds is 9. The summed E-state index contributed by atoms with van der Waals surface area (Å²) in [6, 6.07) is 0. The highest BCUT2D eigenvalue weighted by Gasteiger charge is 2.45. The summed E-state index contributed by atoms with van der Waals surface area (Å²) in [5, 5.41) is 0. The number of hydrogen-bond acceptors (Lipinski definition) is 4. The second kappa shape index (κ2) is 7.74. The Morgan fingerprint density at radius 2 is 2.10 bits per heavy atom. The summed E-state index contributed by atoms with van der Waals surface area (Å²) in [6.45, 7) is 12.6. The van der Waals surface area contributed by atoms with Gasteiger partial charge in [0.2, 0.25) is 0 Å². The van der Waals surface area contributed by atoms with Gasteiger partial charge in [-0.25, -0.2) is 0 Å². The lowest BCUT2D eigenvalue weighted by Gasteiger charge is -2.35. The van der Waals surface area contributed by atoms with Crippen LogP contribution in [0.15, 0.2) is 0 Å². The summed E-state index contributed by atoms with van der Waals surface area (Å²) < 4.78 is 23.1. The second-order valence-electron chi connectivity index (χ2n) is 6.57. The van der Waals surface area contributed by atoms with Crippen LogP contribution < -0.4 is 0 Å². The van der Waals surface area contributed by atoms with Crippen LogP contribution in [0.25, 0.3) is 0 Å². The molecule has 0 aliphatic carbocycles. The highest BCUT2D eigenvalue weighted by atomic mass is 16.7. The van der Waals surface area contributed by atoms with Gasteiger partial charge in [-0.1, -0.05) is 20.3 Å². The standard InChI is InChI=1S/C16H32O4/c1-7-8-9-18-11-13(2)10-16(5,17-6)14-12-19-15(3,4)20-14/h13-14H,7-12H2,1-6H3/t13-,14-,16+/m1/s1. The van der Waals surface area contributed by atoms with Crippen LogP contribution in [0.2, 0.25) is 0 Å². The van der Waals surface area contributed by atoms with E-state index in [9.17, 15) is 0 Å². The monoisotopic (exact) mass is 288 g/mol. The Hall–Kier alpha value is -0.160. The molecule has 1 aliphatic rings. The van der Waals surface area contributed by atoms with Crippen molar-refractivity contribution >= 4 is 0 Å². The van der Waals surface area contributed by atoms with Gasteiger partial charge >= 0.3 is 0 Å². The number of hydrogen-bond donors (Lipinski definition) is 0. The van der Waals surface area contributed by atoms with Crippen LogP contribution in [0.3, 0.4) is 0 Å². The van der Waals surface area contributed by atoms with E-state index in [-0.39, 0.29) is 11.7 Å². The summed E-state index contributed by atoms with van der Waals surface area (Å²) in [6.07, 6.45) is 3.18. The molecule has 1 fully saturated rings. The van der Waals surface area contributed by atoms with Crippen molar-refractivity contribution in [3.63, 3.8) is 0 Å². The molecule has 1 saturated heterocycles. The summed E-state index contributed by atoms with van der Waals surface area (Å²) in [5.74, 6) is -0.0742. The molecule has 0 N–H and O–H groups in total. The summed E-state index contributed by atoms with van der Waals surface area (Å²) in [7, 11) is 1.75. The molecule has 1 rings (SSSR count). The van der Waals surface area contributed by atoms with Gasteiger partial charge in [0.05, 0.1) is 12.2 Å². The van der Waals surface area contributed by atoms with Gasteiger partial charge in [-0.3, -0.25) is 0 Å². The van der Waals surface area contributed by atoms with Crippen LogP contribution in [0, 0.1) is 5.92 Å². The molecule has 3 atom stereocenters. The molecule has 0 aromatic rings. The molecule has 4 nitrogen and oxygen atoms in total. The smallest absolute Gasteiger partial charge is 0.163 e. The van der Waals surface area contributed by atoms with Gasteiger partial charge in [-0.2, -0.15) is 0 Å². The molecule has 1 aliphatic heterocycles. The average Bonchev–Trinajstić information content (AvgIpc) is 2.75. The normalized spacial score (nSPS) is 26.4. The van der Waals surface area contributed by atoms with E-state index in [0.717, 1.165) is 26.1 Å². The van der Waals surface area contributed by atoms with Crippen LogP contribution in [-0.2, 0) is 18.9 Å². The Morgan fingerprint density at radius 1 is 1.40 bits per heavy atom. The van der Waals surface area contributed by atoms with E-state index < -0.39 is 5.79 Å². The van der Waals surface area contributed by atoms with Crippen molar-refractivity contribution in [1.82, 2.24) is 0 Å². The quantitative estimate of drug-likeness (QED) is 0.609. The predicted molar refractivity (Wildman–Crippen MR) is 79.8 cm³/mol. The molecule has 4 heteroatoms. The molecule has 1 heterocycles. The van der Waals surface area contributed by atoms with Crippen molar-refractivity contribution in [2.24, 2.45) is 5.92 Å². The van der Waals surface area contributed by atoms with E-state index in [4.69, 9.17) is 18.9 Å². The lowest BCUT2D eigenvalue weighted by molar-refractivity contribution is -0.177. The summed E-state index contributed by atoms with van der Waals surface area (Å²) >= 11 is 0. The molecule has 0 radical (unpaired) electrons. The highest BCUT2D eigenvalue weighted by Crippen LogP contribution is 2.34. The fourth-order valence-corrected chi connectivity index (χ4v) is 2.62. The molecular formula is C16H32O4. The molecule has 0 unspecified atom stereocenters. The Morgan fingerprint density at radius 3 is 2.60 bits per heavy atom. The first-order valence-corrected chi connectivity index (χ1v) is 7.77. The van der Waals surface area contributed by atoms with Crippen molar-refractivity contribution in [3.8, 4) is 0 Å². The molecule has 20 heavy (non-hydrogen) atoms. The first-order valence-electron chi connectivity index (χ1n) is 7.77. The van der Waals surface area contributed by atoms with Gasteiger partial charge in [-0.15, -0.1) is 0 Å². The van der Waals surface area contributed by atoms with Crippen molar-refractivity contribution in [1.29, 1.82) is 0 Å². The third kappa shape index (κ3) is 5.32. The number of ether oxygens (including phenoxy) is 4. The van der Waals surface area contributed by atoms with Crippen LogP contribution in [-0.4, -0.2) is 44.4 Å². The van der Waals surface area contributed by atoms with E-state index in [1.165, 1.54) is 6.42 Å². The van der Waals surface area contributed by atoms with Crippen molar-refractivity contribution in [2.45, 2.75) is 71.4 Å². The van der Waals surface area contributed by atoms with Gasteiger partial charge < -0.3 is 18.9 Å². The lowest BCUT2D eigenvalue weighted by atomic mass is 9.88. The summed E-state index contributed by atoms with van der Waals surface area (Å²) in [5.41, 5.74) is -0.332. The van der Waals surface area contributed by atoms with Crippen LogP contribution in [0.5, 0.6) is 0 Å². The maximum Gasteiger partial charge on any atom is 0.163 e. The second-order valence-corrected chi connectivity index (χ2v) is 6.57. The predicted octanol–water partition coefficient (Wildman–Crippen LogP) is 3.39. The fraction of sp³-hybridized carbons (Fsp3) is 1.00. The van der Waals surface area contributed by atoms with Gasteiger partial charge in [0.15, 0.2) is 5.79 Å². The molecule has 0 aromatic carbocycles. The van der Waals surface area contributed by atoms with E-state index in [1.807, 2.05) is 13.8 Å². The zero-order valence-corrected chi connectivity index (χ0v) is 14.0. The fourth-order valence-electron chi connectivity index (χ4n) is 2.62. The van der Waals surface area contributed by atoms with E-state index in [2.05, 4.69) is 20.8 Å². The molecule has 0 aromatic heterocycles. The number of methoxy groups -OCH3 is 1. The minimum absolute atomic E-state index is 0.0272. The minimum Gasteiger partial charge on any atom is -0.381 e. The minimum atomic E-state index is -0.509. The molecule has 0 bridgehead atoms. The number of unbranched alkanes of at least 4 members (excludes halogenated alkanes) is 1. The Labute approximate surface area is 124 Å². The molecule has 0 amide bonds. The maximum absolute atomic E-state index is 5.96. The molecule has 0 saturated carbocycles. The largest absolute Gasteiger partial charge is 0.381 e. The third-order valence-electron chi connectivity index (χ3n) is 3.95. The first kappa shape index (κ1) is 17.9. The van der Waals surface area contributed by atoms with Gasteiger partial charge in [0.25, 0.3) is 0 Å². The van der Waals surface area contributed by atoms with E-state index in [0.29, 0.717) is 12.5 Å². The Balaban J connectivity index is 2.44. The van der Waals surface area contributed by atoms with Crippen molar-refractivity contribution < 1.29 is 18.9 Å².